The van der Waals surface area contributed by atoms with E-state index in [4.69, 9.17) is 10.5 Å². The number of alkyl halides is 3. The number of benzene rings is 1. The Labute approximate surface area is 121 Å². The van der Waals surface area contributed by atoms with E-state index in [1.165, 1.54) is 25.1 Å². The van der Waals surface area contributed by atoms with Crippen molar-refractivity contribution in [2.24, 2.45) is 0 Å². The molecule has 0 saturated carbocycles. The van der Waals surface area contributed by atoms with Crippen LogP contribution in [0.3, 0.4) is 0 Å². The zero-order chi connectivity index (χ0) is 16.4. The van der Waals surface area contributed by atoms with E-state index in [0.717, 1.165) is 0 Å². The molecule has 1 rings (SSSR count). The van der Waals surface area contributed by atoms with Crippen LogP contribution in [0.4, 0.5) is 23.7 Å². The van der Waals surface area contributed by atoms with Gasteiger partial charge in [-0.3, -0.25) is 0 Å². The van der Waals surface area contributed by atoms with Crippen LogP contribution in [0.2, 0.25) is 0 Å². The summed E-state index contributed by atoms with van der Waals surface area (Å²) >= 11 is 0. The number of nitrogen functional groups attached to an aromatic ring is 1. The third kappa shape index (κ3) is 5.17. The van der Waals surface area contributed by atoms with Gasteiger partial charge in [0.15, 0.2) is 6.04 Å². The van der Waals surface area contributed by atoms with Crippen LogP contribution in [0.25, 0.3) is 0 Å². The van der Waals surface area contributed by atoms with Gasteiger partial charge in [0.05, 0.1) is 0 Å². The Bertz CT molecular complexity index is 522. The topological polar surface area (TPSA) is 64.3 Å². The van der Waals surface area contributed by atoms with Gasteiger partial charge >= 0.3 is 12.3 Å². The molecule has 0 aliphatic carbocycles. The lowest BCUT2D eigenvalue weighted by molar-refractivity contribution is -0.157. The van der Waals surface area contributed by atoms with Crippen molar-refractivity contribution in [2.75, 3.05) is 5.73 Å². The Hall–Kier alpha value is -1.92. The van der Waals surface area contributed by atoms with Gasteiger partial charge in [0.1, 0.15) is 5.60 Å². The van der Waals surface area contributed by atoms with Crippen molar-refractivity contribution < 1.29 is 22.7 Å². The number of ether oxygens (including phenoxy) is 1. The van der Waals surface area contributed by atoms with E-state index in [2.05, 4.69) is 0 Å². The average Bonchev–Trinajstić information content (AvgIpc) is 2.22. The summed E-state index contributed by atoms with van der Waals surface area (Å²) in [6.07, 6.45) is -5.77. The molecule has 0 aliphatic rings. The molecule has 0 fully saturated rings. The Morgan fingerprint density at radius 1 is 1.29 bits per heavy atom. The number of hydrogen-bond acceptors (Lipinski definition) is 3. The molecular formula is C14H19F3N2O2. The molecule has 1 amide bonds. The van der Waals surface area contributed by atoms with Gasteiger partial charge in [-0.05, 0) is 51.0 Å². The molecule has 21 heavy (non-hydrogen) atoms. The Kier molecular flexibility index (Phi) is 4.76. The molecule has 0 unspecified atom stereocenters. The monoisotopic (exact) mass is 304 g/mol. The van der Waals surface area contributed by atoms with Crippen LogP contribution in [0.15, 0.2) is 18.2 Å². The van der Waals surface area contributed by atoms with Crippen LogP contribution in [0.5, 0.6) is 0 Å². The van der Waals surface area contributed by atoms with E-state index < -0.39 is 23.9 Å². The van der Waals surface area contributed by atoms with Gasteiger partial charge in [0, 0.05) is 5.69 Å². The van der Waals surface area contributed by atoms with Crippen LogP contribution in [-0.4, -0.2) is 17.9 Å². The molecule has 0 radical (unpaired) electrons. The quantitative estimate of drug-likeness (QED) is 0.819. The second kappa shape index (κ2) is 5.83. The molecule has 3 N–H and O–H groups in total. The maximum absolute atomic E-state index is 13.2. The molecule has 0 aliphatic heterocycles. The van der Waals surface area contributed by atoms with Crippen molar-refractivity contribution in [1.29, 1.82) is 0 Å². The summed E-state index contributed by atoms with van der Waals surface area (Å²) in [4.78, 5) is 11.6. The van der Waals surface area contributed by atoms with Gasteiger partial charge < -0.3 is 15.8 Å². The maximum Gasteiger partial charge on any atom is 0.412 e. The summed E-state index contributed by atoms with van der Waals surface area (Å²) in [5.41, 5.74) is 5.28. The minimum Gasteiger partial charge on any atom is -0.444 e. The van der Waals surface area contributed by atoms with E-state index >= 15 is 0 Å². The van der Waals surface area contributed by atoms with Crippen molar-refractivity contribution in [3.63, 3.8) is 0 Å². The molecule has 0 aromatic heterocycles. The predicted octanol–water partition coefficient (Wildman–Crippen LogP) is 3.71. The lowest BCUT2D eigenvalue weighted by Gasteiger charge is -2.26. The molecular weight excluding hydrogens is 285 g/mol. The SMILES string of the molecule is Cc1cc(N)ccc1[C@@H](NC(=O)OC(C)(C)C)C(F)(F)F. The number of nitrogens with two attached hydrogens (primary N) is 1. The minimum absolute atomic E-state index is 0.0671. The number of hydrogen-bond donors (Lipinski definition) is 2. The zero-order valence-electron chi connectivity index (χ0n) is 12.3. The molecule has 1 aromatic carbocycles. The molecule has 7 heteroatoms. The minimum atomic E-state index is -4.64. The number of aryl methyl sites for hydroxylation is 1. The number of amides is 1. The number of alkyl carbamates (subject to hydrolysis) is 1. The number of nitrogens with one attached hydrogen (secondary N) is 1. The molecule has 1 atom stereocenters. The van der Waals surface area contributed by atoms with Crippen molar-refractivity contribution in [1.82, 2.24) is 5.32 Å². The number of halogens is 3. The number of carbonyl (C=O) groups is 1. The molecule has 0 bridgehead atoms. The van der Waals surface area contributed by atoms with E-state index in [1.807, 2.05) is 5.32 Å². The normalized spacial score (nSPS) is 13.7. The molecule has 0 heterocycles. The van der Waals surface area contributed by atoms with Crippen LogP contribution < -0.4 is 11.1 Å². The van der Waals surface area contributed by atoms with Crippen molar-refractivity contribution >= 4 is 11.8 Å². The molecule has 118 valence electrons. The summed E-state index contributed by atoms with van der Waals surface area (Å²) in [5.74, 6) is 0. The molecule has 0 saturated heterocycles. The first-order valence-corrected chi connectivity index (χ1v) is 6.32. The van der Waals surface area contributed by atoms with Gasteiger partial charge in [0.2, 0.25) is 0 Å². The molecule has 0 spiro atoms. The van der Waals surface area contributed by atoms with Crippen LogP contribution >= 0.6 is 0 Å². The highest BCUT2D eigenvalue weighted by Gasteiger charge is 2.43. The summed E-state index contributed by atoms with van der Waals surface area (Å²) in [6, 6.07) is 1.89. The predicted molar refractivity (Wildman–Crippen MR) is 73.8 cm³/mol. The fourth-order valence-corrected chi connectivity index (χ4v) is 1.78. The smallest absolute Gasteiger partial charge is 0.412 e. The lowest BCUT2D eigenvalue weighted by atomic mass is 10.0. The zero-order valence-corrected chi connectivity index (χ0v) is 12.3. The number of carbonyl (C=O) groups excluding carboxylic acids is 1. The van der Waals surface area contributed by atoms with Crippen molar-refractivity contribution in [3.8, 4) is 0 Å². The fraction of sp³-hybridized carbons (Fsp3) is 0.500. The van der Waals surface area contributed by atoms with Crippen LogP contribution in [0.1, 0.15) is 37.9 Å². The fourth-order valence-electron chi connectivity index (χ4n) is 1.78. The first kappa shape index (κ1) is 17.1. The largest absolute Gasteiger partial charge is 0.444 e. The van der Waals surface area contributed by atoms with Crippen molar-refractivity contribution in [2.45, 2.75) is 45.5 Å². The van der Waals surface area contributed by atoms with E-state index in [-0.39, 0.29) is 5.56 Å². The maximum atomic E-state index is 13.2. The second-order valence-electron chi connectivity index (χ2n) is 5.74. The number of rotatable bonds is 2. The first-order chi connectivity index (χ1) is 9.40. The van der Waals surface area contributed by atoms with Gasteiger partial charge in [-0.1, -0.05) is 6.07 Å². The summed E-state index contributed by atoms with van der Waals surface area (Å²) in [6.45, 7) is 6.22. The Balaban J connectivity index is 3.05. The van der Waals surface area contributed by atoms with Crippen LogP contribution in [-0.2, 0) is 4.74 Å². The number of anilines is 1. The Morgan fingerprint density at radius 3 is 2.29 bits per heavy atom. The van der Waals surface area contributed by atoms with Gasteiger partial charge in [-0.25, -0.2) is 4.79 Å². The van der Waals surface area contributed by atoms with Gasteiger partial charge in [-0.2, -0.15) is 13.2 Å². The van der Waals surface area contributed by atoms with Crippen LogP contribution in [0, 0.1) is 6.92 Å². The third-order valence-corrected chi connectivity index (χ3v) is 2.59. The Morgan fingerprint density at radius 2 is 1.86 bits per heavy atom. The first-order valence-electron chi connectivity index (χ1n) is 6.32. The lowest BCUT2D eigenvalue weighted by Crippen LogP contribution is -2.41. The van der Waals surface area contributed by atoms with Crippen molar-refractivity contribution in [3.05, 3.63) is 29.3 Å². The highest BCUT2D eigenvalue weighted by molar-refractivity contribution is 5.68. The van der Waals surface area contributed by atoms with E-state index in [1.54, 1.807) is 20.8 Å². The highest BCUT2D eigenvalue weighted by Crippen LogP contribution is 2.35. The summed E-state index contributed by atoms with van der Waals surface area (Å²) in [5, 5.41) is 1.86. The standard InChI is InChI=1S/C14H19F3N2O2/c1-8-7-9(18)5-6-10(8)11(14(15,16)17)19-12(20)21-13(2,3)4/h5-7,11H,18H2,1-4H3,(H,19,20)/t11-/m1/s1. The highest BCUT2D eigenvalue weighted by atomic mass is 19.4. The van der Waals surface area contributed by atoms with Gasteiger partial charge in [0.25, 0.3) is 0 Å². The molecule has 4 nitrogen and oxygen atoms in total. The molecule has 1 aromatic rings. The van der Waals surface area contributed by atoms with E-state index in [9.17, 15) is 18.0 Å². The third-order valence-electron chi connectivity index (χ3n) is 2.59. The van der Waals surface area contributed by atoms with Gasteiger partial charge in [-0.15, -0.1) is 0 Å². The second-order valence-corrected chi connectivity index (χ2v) is 5.74. The van der Waals surface area contributed by atoms with E-state index in [0.29, 0.717) is 11.3 Å². The average molecular weight is 304 g/mol. The summed E-state index contributed by atoms with van der Waals surface area (Å²) < 4.78 is 44.4. The summed E-state index contributed by atoms with van der Waals surface area (Å²) in [7, 11) is 0.